The molecular formula is C22H33F3O3S. The van der Waals surface area contributed by atoms with Gasteiger partial charge >= 0.3 is 15.6 Å². The fourth-order valence-electron chi connectivity index (χ4n) is 7.60. The molecule has 0 heterocycles. The third-order valence-electron chi connectivity index (χ3n) is 9.58. The molecule has 0 saturated heterocycles. The molecule has 3 fully saturated rings. The van der Waals surface area contributed by atoms with Crippen LogP contribution in [0.2, 0.25) is 0 Å². The molecule has 0 aliphatic heterocycles. The summed E-state index contributed by atoms with van der Waals surface area (Å²) in [6.07, 6.45) is 12.5. The van der Waals surface area contributed by atoms with Crippen molar-refractivity contribution < 1.29 is 25.8 Å². The quantitative estimate of drug-likeness (QED) is 0.365. The highest BCUT2D eigenvalue weighted by molar-refractivity contribution is 7.87. The lowest BCUT2D eigenvalue weighted by atomic mass is 9.42. The molecule has 2 unspecified atom stereocenters. The van der Waals surface area contributed by atoms with Gasteiger partial charge in [-0.2, -0.15) is 21.6 Å². The highest BCUT2D eigenvalue weighted by Gasteiger charge is 2.62. The van der Waals surface area contributed by atoms with Crippen LogP contribution in [0.25, 0.3) is 0 Å². The van der Waals surface area contributed by atoms with Gasteiger partial charge in [-0.05, 0) is 79.6 Å². The van der Waals surface area contributed by atoms with Crippen molar-refractivity contribution in [3.8, 4) is 0 Å². The summed E-state index contributed by atoms with van der Waals surface area (Å²) >= 11 is 0. The molecular weight excluding hydrogens is 401 g/mol. The highest BCUT2D eigenvalue weighted by Crippen LogP contribution is 2.69. The summed E-state index contributed by atoms with van der Waals surface area (Å²) in [7, 11) is -5.61. The van der Waals surface area contributed by atoms with Gasteiger partial charge in [-0.25, -0.2) is 0 Å². The van der Waals surface area contributed by atoms with E-state index in [1.807, 2.05) is 6.92 Å². The summed E-state index contributed by atoms with van der Waals surface area (Å²) in [4.78, 5) is 0. The maximum Gasteiger partial charge on any atom is 0.534 e. The van der Waals surface area contributed by atoms with Crippen molar-refractivity contribution in [1.29, 1.82) is 0 Å². The monoisotopic (exact) mass is 434 g/mol. The van der Waals surface area contributed by atoms with Crippen LogP contribution in [0.3, 0.4) is 0 Å². The van der Waals surface area contributed by atoms with Gasteiger partial charge in [0.05, 0.1) is 0 Å². The number of halogens is 3. The minimum absolute atomic E-state index is 0.0256. The molecule has 29 heavy (non-hydrogen) atoms. The van der Waals surface area contributed by atoms with Gasteiger partial charge in [-0.3, -0.25) is 0 Å². The molecule has 0 aromatic rings. The van der Waals surface area contributed by atoms with E-state index in [1.54, 1.807) is 6.08 Å². The van der Waals surface area contributed by atoms with Crippen LogP contribution in [0.15, 0.2) is 11.8 Å². The Bertz CT molecular complexity index is 805. The third kappa shape index (κ3) is 3.08. The van der Waals surface area contributed by atoms with Gasteiger partial charge in [0, 0.05) is 5.41 Å². The molecule has 0 bridgehead atoms. The van der Waals surface area contributed by atoms with Crippen molar-refractivity contribution in [3.63, 3.8) is 0 Å². The second kappa shape index (κ2) is 6.64. The van der Waals surface area contributed by atoms with E-state index in [2.05, 4.69) is 13.8 Å². The van der Waals surface area contributed by atoms with Crippen LogP contribution >= 0.6 is 0 Å². The summed E-state index contributed by atoms with van der Waals surface area (Å²) in [5.74, 6) is 1.18. The van der Waals surface area contributed by atoms with Gasteiger partial charge in [0.15, 0.2) is 0 Å². The molecule has 3 nitrogen and oxygen atoms in total. The summed E-state index contributed by atoms with van der Waals surface area (Å²) in [5, 5.41) is 0. The van der Waals surface area contributed by atoms with Gasteiger partial charge in [0.1, 0.15) is 5.76 Å². The summed E-state index contributed by atoms with van der Waals surface area (Å²) in [5.41, 5.74) is -5.41. The number of fused-ring (bicyclic) bond motifs is 5. The molecule has 0 spiro atoms. The molecule has 7 heteroatoms. The number of allylic oxidation sites excluding steroid dienone is 2. The SMILES string of the molecule is C[C@]12CCCCC[C@]1(C)C1CC[C@]3(C)C(OS(=O)(=O)C(F)(F)F)=CCC3[C@@H]1CC2. The molecule has 4 aliphatic rings. The van der Waals surface area contributed by atoms with E-state index in [1.165, 1.54) is 32.1 Å². The highest BCUT2D eigenvalue weighted by atomic mass is 32.2. The predicted octanol–water partition coefficient (Wildman–Crippen LogP) is 6.56. The molecule has 0 aromatic heterocycles. The number of hydrogen-bond acceptors (Lipinski definition) is 3. The van der Waals surface area contributed by atoms with E-state index < -0.39 is 21.0 Å². The Kier molecular flexibility index (Phi) is 4.92. The lowest BCUT2D eigenvalue weighted by Gasteiger charge is -2.62. The van der Waals surface area contributed by atoms with E-state index in [0.717, 1.165) is 19.3 Å². The van der Waals surface area contributed by atoms with Gasteiger partial charge in [0.2, 0.25) is 0 Å². The summed E-state index contributed by atoms with van der Waals surface area (Å²) in [6.45, 7) is 6.84. The average molecular weight is 435 g/mol. The first-order valence-corrected chi connectivity index (χ1v) is 12.5. The van der Waals surface area contributed by atoms with Crippen molar-refractivity contribution in [2.45, 2.75) is 90.5 Å². The summed E-state index contributed by atoms with van der Waals surface area (Å²) < 4.78 is 66.6. The first kappa shape index (κ1) is 21.5. The molecule has 0 radical (unpaired) electrons. The van der Waals surface area contributed by atoms with Gasteiger partial charge in [0.25, 0.3) is 0 Å². The van der Waals surface area contributed by atoms with Crippen molar-refractivity contribution in [1.82, 2.24) is 0 Å². The molecule has 166 valence electrons. The molecule has 3 saturated carbocycles. The zero-order valence-electron chi connectivity index (χ0n) is 17.6. The second-order valence-electron chi connectivity index (χ2n) is 10.7. The van der Waals surface area contributed by atoms with Crippen molar-refractivity contribution in [2.24, 2.45) is 34.0 Å². The smallest absolute Gasteiger partial charge is 0.380 e. The predicted molar refractivity (Wildman–Crippen MR) is 105 cm³/mol. The van der Waals surface area contributed by atoms with Crippen LogP contribution in [0.5, 0.6) is 0 Å². The van der Waals surface area contributed by atoms with Gasteiger partial charge < -0.3 is 4.18 Å². The standard InChI is InChI=1S/C22H33F3O3S/c1-19-11-5-4-6-12-21(19,3)17-10-14-20(2)16(15(17)9-13-19)7-8-18(20)28-29(26,27)22(23,24)25/h8,15-17H,4-7,9-14H2,1-3H3/t15-,16?,17?,19+,20-,21+/m0/s1. The molecule has 6 atom stereocenters. The van der Waals surface area contributed by atoms with E-state index in [0.29, 0.717) is 30.1 Å². The Labute approximate surface area is 172 Å². The Balaban J connectivity index is 1.60. The van der Waals surface area contributed by atoms with Gasteiger partial charge in [-0.15, -0.1) is 0 Å². The largest absolute Gasteiger partial charge is 0.534 e. The van der Waals surface area contributed by atoms with E-state index >= 15 is 0 Å². The first-order valence-electron chi connectivity index (χ1n) is 11.1. The molecule has 0 amide bonds. The fraction of sp³-hybridized carbons (Fsp3) is 0.909. The lowest BCUT2D eigenvalue weighted by Crippen LogP contribution is -2.55. The number of alkyl halides is 3. The summed E-state index contributed by atoms with van der Waals surface area (Å²) in [6, 6.07) is 0. The van der Waals surface area contributed by atoms with E-state index in [9.17, 15) is 21.6 Å². The number of rotatable bonds is 2. The van der Waals surface area contributed by atoms with Crippen LogP contribution in [0, 0.1) is 34.0 Å². The van der Waals surface area contributed by atoms with Gasteiger partial charge in [-0.1, -0.05) is 40.0 Å². The van der Waals surface area contributed by atoms with Crippen LogP contribution < -0.4 is 0 Å². The third-order valence-corrected chi connectivity index (χ3v) is 10.5. The van der Waals surface area contributed by atoms with Crippen molar-refractivity contribution >= 4 is 10.1 Å². The Morgan fingerprint density at radius 3 is 2.34 bits per heavy atom. The van der Waals surface area contributed by atoms with Crippen molar-refractivity contribution in [2.75, 3.05) is 0 Å². The molecule has 0 aromatic carbocycles. The first-order chi connectivity index (χ1) is 13.3. The average Bonchev–Trinajstić information content (AvgIpc) is 2.83. The van der Waals surface area contributed by atoms with Crippen molar-refractivity contribution in [3.05, 3.63) is 11.8 Å². The Morgan fingerprint density at radius 2 is 1.66 bits per heavy atom. The zero-order chi connectivity index (χ0) is 21.3. The zero-order valence-corrected chi connectivity index (χ0v) is 18.5. The Morgan fingerprint density at radius 1 is 0.966 bits per heavy atom. The molecule has 0 N–H and O–H groups in total. The minimum Gasteiger partial charge on any atom is -0.380 e. The lowest BCUT2D eigenvalue weighted by molar-refractivity contribution is -0.131. The minimum atomic E-state index is -5.61. The maximum atomic E-state index is 12.9. The fourth-order valence-corrected chi connectivity index (χ4v) is 8.19. The van der Waals surface area contributed by atoms with Crippen LogP contribution in [-0.2, 0) is 14.3 Å². The number of hydrogen-bond donors (Lipinski definition) is 0. The van der Waals surface area contributed by atoms with E-state index in [-0.39, 0.29) is 17.1 Å². The maximum absolute atomic E-state index is 12.9. The topological polar surface area (TPSA) is 43.4 Å². The Hall–Kier alpha value is -0.720. The van der Waals surface area contributed by atoms with Crippen LogP contribution in [-0.4, -0.2) is 13.9 Å². The van der Waals surface area contributed by atoms with E-state index in [4.69, 9.17) is 4.18 Å². The van der Waals surface area contributed by atoms with Crippen LogP contribution in [0.1, 0.15) is 85.0 Å². The second-order valence-corrected chi connectivity index (χ2v) is 12.2. The van der Waals surface area contributed by atoms with Crippen LogP contribution in [0.4, 0.5) is 13.2 Å². The molecule has 4 aliphatic carbocycles. The molecule has 4 rings (SSSR count). The normalized spacial score (nSPS) is 45.4.